The summed E-state index contributed by atoms with van der Waals surface area (Å²) in [7, 11) is 0. The van der Waals surface area contributed by atoms with E-state index in [2.05, 4.69) is 20.8 Å². The van der Waals surface area contributed by atoms with Gasteiger partial charge in [-0.05, 0) is 19.3 Å². The summed E-state index contributed by atoms with van der Waals surface area (Å²) in [6, 6.07) is 0. The number of nitrogens with two attached hydrogens (primary N) is 1. The Bertz CT molecular complexity index is 167. The highest BCUT2D eigenvalue weighted by atomic mass is 16.4. The van der Waals surface area contributed by atoms with Crippen molar-refractivity contribution >= 4 is 5.97 Å². The Morgan fingerprint density at radius 2 is 1.17 bits per heavy atom. The third-order valence-corrected chi connectivity index (χ3v) is 3.08. The number of unbranched alkanes of at least 4 members (excludes halogenated alkanes) is 3. The molecule has 0 unspecified atom stereocenters. The van der Waals surface area contributed by atoms with E-state index in [0.717, 1.165) is 6.92 Å². The fourth-order valence-corrected chi connectivity index (χ4v) is 1.96. The Hall–Kier alpha value is -0.570. The standard InChI is InChI=1S/C13H29N.C2H4O2/c1-4-7-10-13(14,11-8-5-2)12-9-6-3;1-2(3)4/h4-12,14H2,1-3H3;1H3,(H,3,4). The van der Waals surface area contributed by atoms with E-state index in [1.807, 2.05) is 0 Å². The molecule has 0 amide bonds. The first-order valence-electron chi connectivity index (χ1n) is 7.40. The Labute approximate surface area is 113 Å². The maximum Gasteiger partial charge on any atom is 0.300 e. The Kier molecular flexibility index (Phi) is 14.1. The van der Waals surface area contributed by atoms with Crippen LogP contribution in [0.2, 0.25) is 0 Å². The lowest BCUT2D eigenvalue weighted by molar-refractivity contribution is -0.134. The molecule has 0 atom stereocenters. The van der Waals surface area contributed by atoms with Crippen LogP contribution in [-0.4, -0.2) is 16.6 Å². The Balaban J connectivity index is 0. The summed E-state index contributed by atoms with van der Waals surface area (Å²) in [5.74, 6) is -0.833. The predicted molar refractivity (Wildman–Crippen MR) is 78.8 cm³/mol. The third-order valence-electron chi connectivity index (χ3n) is 3.08. The highest BCUT2D eigenvalue weighted by Gasteiger charge is 2.22. The number of hydrogen-bond donors (Lipinski definition) is 2. The Morgan fingerprint density at radius 3 is 1.33 bits per heavy atom. The van der Waals surface area contributed by atoms with Crippen molar-refractivity contribution in [3.63, 3.8) is 0 Å². The molecule has 0 aromatic heterocycles. The minimum Gasteiger partial charge on any atom is -0.481 e. The van der Waals surface area contributed by atoms with Gasteiger partial charge in [0, 0.05) is 12.5 Å². The minimum absolute atomic E-state index is 0.155. The van der Waals surface area contributed by atoms with Gasteiger partial charge in [-0.2, -0.15) is 0 Å². The molecule has 0 fully saturated rings. The predicted octanol–water partition coefficient (Wildman–Crippen LogP) is 4.35. The van der Waals surface area contributed by atoms with Crippen LogP contribution in [-0.2, 0) is 4.79 Å². The second-order valence-electron chi connectivity index (χ2n) is 5.19. The van der Waals surface area contributed by atoms with E-state index in [-0.39, 0.29) is 5.54 Å². The zero-order chi connectivity index (χ0) is 14.4. The molecule has 0 saturated heterocycles. The molecule has 0 aromatic carbocycles. The summed E-state index contributed by atoms with van der Waals surface area (Å²) in [5, 5.41) is 7.42. The number of hydrogen-bond acceptors (Lipinski definition) is 2. The summed E-state index contributed by atoms with van der Waals surface area (Å²) in [6.07, 6.45) is 11.4. The Morgan fingerprint density at radius 1 is 0.944 bits per heavy atom. The molecule has 0 aliphatic heterocycles. The number of aliphatic carboxylic acids is 1. The molecule has 0 saturated carbocycles. The average Bonchev–Trinajstić information content (AvgIpc) is 2.31. The van der Waals surface area contributed by atoms with Crippen LogP contribution in [0.15, 0.2) is 0 Å². The van der Waals surface area contributed by atoms with E-state index < -0.39 is 5.97 Å². The average molecular weight is 259 g/mol. The zero-order valence-corrected chi connectivity index (χ0v) is 12.8. The smallest absolute Gasteiger partial charge is 0.300 e. The topological polar surface area (TPSA) is 63.3 Å². The summed E-state index contributed by atoms with van der Waals surface area (Å²) in [5.41, 5.74) is 6.61. The van der Waals surface area contributed by atoms with Gasteiger partial charge in [0.1, 0.15) is 0 Å². The minimum atomic E-state index is -0.833. The maximum atomic E-state index is 9.00. The van der Waals surface area contributed by atoms with Crippen LogP contribution in [0.25, 0.3) is 0 Å². The molecule has 0 heterocycles. The van der Waals surface area contributed by atoms with Gasteiger partial charge in [-0.25, -0.2) is 0 Å². The molecule has 0 aliphatic rings. The van der Waals surface area contributed by atoms with Crippen LogP contribution >= 0.6 is 0 Å². The van der Waals surface area contributed by atoms with Gasteiger partial charge in [0.05, 0.1) is 0 Å². The van der Waals surface area contributed by atoms with Crippen molar-refractivity contribution in [2.24, 2.45) is 5.73 Å². The number of rotatable bonds is 9. The highest BCUT2D eigenvalue weighted by molar-refractivity contribution is 5.62. The van der Waals surface area contributed by atoms with Crippen molar-refractivity contribution in [1.82, 2.24) is 0 Å². The zero-order valence-electron chi connectivity index (χ0n) is 12.8. The molecule has 3 N–H and O–H groups in total. The lowest BCUT2D eigenvalue weighted by Crippen LogP contribution is -2.39. The first kappa shape index (κ1) is 19.8. The molecule has 18 heavy (non-hydrogen) atoms. The van der Waals surface area contributed by atoms with Gasteiger partial charge in [0.15, 0.2) is 0 Å². The first-order valence-corrected chi connectivity index (χ1v) is 7.40. The quantitative estimate of drug-likeness (QED) is 0.647. The summed E-state index contributed by atoms with van der Waals surface area (Å²) in [4.78, 5) is 9.00. The molecular formula is C15H33NO2. The molecule has 3 heteroatoms. The van der Waals surface area contributed by atoms with Crippen molar-refractivity contribution in [3.8, 4) is 0 Å². The van der Waals surface area contributed by atoms with Crippen molar-refractivity contribution in [3.05, 3.63) is 0 Å². The van der Waals surface area contributed by atoms with E-state index in [1.165, 1.54) is 57.8 Å². The normalized spacial score (nSPS) is 10.7. The van der Waals surface area contributed by atoms with Crippen molar-refractivity contribution < 1.29 is 9.90 Å². The fraction of sp³-hybridized carbons (Fsp3) is 0.933. The highest BCUT2D eigenvalue weighted by Crippen LogP contribution is 2.24. The van der Waals surface area contributed by atoms with Crippen molar-refractivity contribution in [2.75, 3.05) is 0 Å². The molecular weight excluding hydrogens is 226 g/mol. The van der Waals surface area contributed by atoms with Gasteiger partial charge >= 0.3 is 0 Å². The molecule has 0 aromatic rings. The van der Waals surface area contributed by atoms with E-state index in [1.54, 1.807) is 0 Å². The second kappa shape index (κ2) is 12.9. The maximum absolute atomic E-state index is 9.00. The van der Waals surface area contributed by atoms with Gasteiger partial charge in [0.25, 0.3) is 5.97 Å². The van der Waals surface area contributed by atoms with E-state index in [4.69, 9.17) is 15.6 Å². The number of carboxylic acids is 1. The molecule has 0 bridgehead atoms. The molecule has 0 rings (SSSR count). The SMILES string of the molecule is CC(=O)O.CCCCC(N)(CCCC)CCCC. The molecule has 0 spiro atoms. The molecule has 3 nitrogen and oxygen atoms in total. The number of carboxylic acid groups (broad SMARTS) is 1. The van der Waals surface area contributed by atoms with Gasteiger partial charge in [-0.3, -0.25) is 4.79 Å². The summed E-state index contributed by atoms with van der Waals surface area (Å²) in [6.45, 7) is 7.83. The molecule has 110 valence electrons. The molecule has 0 radical (unpaired) electrons. The summed E-state index contributed by atoms with van der Waals surface area (Å²) < 4.78 is 0. The van der Waals surface area contributed by atoms with Crippen LogP contribution in [0.3, 0.4) is 0 Å². The molecule has 0 aliphatic carbocycles. The van der Waals surface area contributed by atoms with Crippen LogP contribution in [0.1, 0.15) is 85.5 Å². The largest absolute Gasteiger partial charge is 0.481 e. The van der Waals surface area contributed by atoms with Crippen LogP contribution < -0.4 is 5.73 Å². The fourth-order valence-electron chi connectivity index (χ4n) is 1.96. The van der Waals surface area contributed by atoms with Crippen molar-refractivity contribution in [2.45, 2.75) is 91.0 Å². The monoisotopic (exact) mass is 259 g/mol. The number of carbonyl (C=O) groups is 1. The van der Waals surface area contributed by atoms with E-state index >= 15 is 0 Å². The summed E-state index contributed by atoms with van der Waals surface area (Å²) >= 11 is 0. The van der Waals surface area contributed by atoms with Crippen LogP contribution in [0, 0.1) is 0 Å². The lowest BCUT2D eigenvalue weighted by atomic mass is 9.84. The second-order valence-corrected chi connectivity index (χ2v) is 5.19. The van der Waals surface area contributed by atoms with Crippen LogP contribution in [0.5, 0.6) is 0 Å². The van der Waals surface area contributed by atoms with Gasteiger partial charge < -0.3 is 10.8 Å². The van der Waals surface area contributed by atoms with Gasteiger partial charge in [-0.1, -0.05) is 59.3 Å². The van der Waals surface area contributed by atoms with E-state index in [0.29, 0.717) is 0 Å². The van der Waals surface area contributed by atoms with Crippen LogP contribution in [0.4, 0.5) is 0 Å². The van der Waals surface area contributed by atoms with Crippen molar-refractivity contribution in [1.29, 1.82) is 0 Å². The van der Waals surface area contributed by atoms with Gasteiger partial charge in [0.2, 0.25) is 0 Å². The lowest BCUT2D eigenvalue weighted by Gasteiger charge is -2.29. The third kappa shape index (κ3) is 15.4. The first-order chi connectivity index (χ1) is 8.41. The van der Waals surface area contributed by atoms with Gasteiger partial charge in [-0.15, -0.1) is 0 Å². The van der Waals surface area contributed by atoms with E-state index in [9.17, 15) is 0 Å².